The van der Waals surface area contributed by atoms with E-state index in [0.29, 0.717) is 24.2 Å². The smallest absolute Gasteiger partial charge is 0.346 e. The molecule has 6 rings (SSSR count). The lowest BCUT2D eigenvalue weighted by Crippen LogP contribution is -2.66. The summed E-state index contributed by atoms with van der Waals surface area (Å²) in [5, 5.41) is 15.1. The summed E-state index contributed by atoms with van der Waals surface area (Å²) in [5.41, 5.74) is 0. The van der Waals surface area contributed by atoms with Crippen molar-refractivity contribution in [1.82, 2.24) is 21.3 Å². The molecule has 2 fully saturated rings. The Bertz CT molecular complexity index is 1080. The van der Waals surface area contributed by atoms with Crippen LogP contribution in [0.1, 0.15) is 156 Å². The van der Waals surface area contributed by atoms with Gasteiger partial charge in [0.05, 0.1) is 54.4 Å². The van der Waals surface area contributed by atoms with E-state index in [2.05, 4.69) is 58.1 Å². The minimum atomic E-state index is -0.0885. The maximum absolute atomic E-state index is 13.5. The Hall–Kier alpha value is -1.99. The molecule has 0 radical (unpaired) electrons. The van der Waals surface area contributed by atoms with Crippen molar-refractivity contribution in [2.24, 2.45) is 5.92 Å². The molecular formula is C37H66N6O2+2. The van der Waals surface area contributed by atoms with Gasteiger partial charge in [-0.1, -0.05) is 64.7 Å². The number of unbranched alkanes of at least 4 members (excludes halogenated alkanes) is 8. The largest absolute Gasteiger partial charge is 0.462 e. The summed E-state index contributed by atoms with van der Waals surface area (Å²) in [7, 11) is 0. The fourth-order valence-corrected chi connectivity index (χ4v) is 9.94. The predicted octanol–water partition coefficient (Wildman–Crippen LogP) is 5.52. The number of ether oxygens (including phenoxy) is 1. The minimum Gasteiger partial charge on any atom is -0.462 e. The predicted molar refractivity (Wildman–Crippen MR) is 182 cm³/mol. The molecular weight excluding hydrogens is 560 g/mol. The first-order valence-corrected chi connectivity index (χ1v) is 19.5. The zero-order valence-corrected chi connectivity index (χ0v) is 29.1. The minimum absolute atomic E-state index is 0.00382. The van der Waals surface area contributed by atoms with E-state index in [9.17, 15) is 4.79 Å². The van der Waals surface area contributed by atoms with Crippen LogP contribution in [0.15, 0.2) is 0 Å². The number of guanidine groups is 2. The Kier molecular flexibility index (Phi) is 11.2. The number of carbonyl (C=O) groups is 1. The topological polar surface area (TPSA) is 80.4 Å². The van der Waals surface area contributed by atoms with Crippen molar-refractivity contribution in [3.8, 4) is 0 Å². The maximum Gasteiger partial charge on any atom is 0.346 e. The molecule has 0 aromatic rings. The molecule has 0 aromatic heterocycles. The average Bonchev–Trinajstić information content (AvgIpc) is 3.61. The summed E-state index contributed by atoms with van der Waals surface area (Å²) in [4.78, 5) is 13.5. The second-order valence-corrected chi connectivity index (χ2v) is 15.9. The molecule has 2 saturated heterocycles. The van der Waals surface area contributed by atoms with Crippen molar-refractivity contribution >= 4 is 17.9 Å². The van der Waals surface area contributed by atoms with E-state index in [1.54, 1.807) is 0 Å². The SMILES string of the molecule is CCCCCCC[C@@H]1C[C@@H]2CC[C@H]3C(C(=O)O[C@H](C)CCCCCCC[C@@H]4C[C@@H]5CC[C@@H]6C[C@H](C)NC(=[N+]65)N4)[C@@H](C)NC(=[N+]23)N1. The number of hydrogen-bond acceptors (Lipinski definition) is 6. The van der Waals surface area contributed by atoms with Gasteiger partial charge in [-0.25, -0.2) is 0 Å². The van der Waals surface area contributed by atoms with E-state index < -0.39 is 0 Å². The van der Waals surface area contributed by atoms with Gasteiger partial charge in [0, 0.05) is 19.3 Å². The highest BCUT2D eigenvalue weighted by Gasteiger charge is 2.53. The monoisotopic (exact) mass is 627 g/mol. The van der Waals surface area contributed by atoms with Crippen LogP contribution in [0.25, 0.3) is 0 Å². The highest BCUT2D eigenvalue weighted by molar-refractivity contribution is 5.81. The number of rotatable bonds is 16. The van der Waals surface area contributed by atoms with E-state index >= 15 is 0 Å². The lowest BCUT2D eigenvalue weighted by atomic mass is 9.89. The van der Waals surface area contributed by atoms with Crippen LogP contribution in [0.3, 0.4) is 0 Å². The Morgan fingerprint density at radius 2 is 1.31 bits per heavy atom. The standard InChI is InChI=1S/C37H64N6O2/c1-5-6-7-9-13-16-29-24-32-20-21-33-34(27(4)39-37(41-29)43(32)33)35(44)45-26(3)15-12-10-8-11-14-17-28-23-31-19-18-30-22-25(2)38-36(40-28)42(30)31/h25-34H,5-24H2,1-4H3,(H2,38,39,40,41)/p+2/t25-,26+,27+,28+,29+,30+,31-,32-,33-,34?/m0/s1. The van der Waals surface area contributed by atoms with Crippen molar-refractivity contribution in [3.63, 3.8) is 0 Å². The Balaban J connectivity index is 0.868. The maximum atomic E-state index is 13.5. The van der Waals surface area contributed by atoms with Crippen LogP contribution in [0.2, 0.25) is 0 Å². The second-order valence-electron chi connectivity index (χ2n) is 15.9. The molecule has 6 aliphatic rings. The molecule has 254 valence electrons. The molecule has 0 bridgehead atoms. The summed E-state index contributed by atoms with van der Waals surface area (Å²) in [6.07, 6.45) is 25.3. The van der Waals surface area contributed by atoms with E-state index in [1.165, 1.54) is 121 Å². The number of esters is 1. The van der Waals surface area contributed by atoms with E-state index in [4.69, 9.17) is 4.74 Å². The fraction of sp³-hybridized carbons (Fsp3) is 0.919. The molecule has 4 N–H and O–H groups in total. The van der Waals surface area contributed by atoms with Crippen molar-refractivity contribution in [2.75, 3.05) is 0 Å². The third kappa shape index (κ3) is 7.77. The highest BCUT2D eigenvalue weighted by Crippen LogP contribution is 2.35. The quantitative estimate of drug-likeness (QED) is 0.103. The van der Waals surface area contributed by atoms with Gasteiger partial charge in [0.15, 0.2) is 0 Å². The van der Waals surface area contributed by atoms with Gasteiger partial charge in [-0.2, -0.15) is 0 Å². The summed E-state index contributed by atoms with van der Waals surface area (Å²) < 4.78 is 11.3. The van der Waals surface area contributed by atoms with Crippen LogP contribution in [0.4, 0.5) is 0 Å². The molecule has 8 heteroatoms. The van der Waals surface area contributed by atoms with E-state index in [-0.39, 0.29) is 30.1 Å². The van der Waals surface area contributed by atoms with E-state index in [1.807, 2.05) is 0 Å². The van der Waals surface area contributed by atoms with Crippen molar-refractivity contribution < 1.29 is 18.7 Å². The number of nitrogens with one attached hydrogen (secondary N) is 4. The second kappa shape index (κ2) is 15.3. The molecule has 45 heavy (non-hydrogen) atoms. The number of nitrogens with zero attached hydrogens (tertiary/aromatic N) is 2. The first-order valence-electron chi connectivity index (χ1n) is 19.5. The summed E-state index contributed by atoms with van der Waals surface area (Å²) in [5.74, 6) is 2.44. The fourth-order valence-electron chi connectivity index (χ4n) is 9.94. The zero-order valence-electron chi connectivity index (χ0n) is 29.1. The number of hydrogen-bond donors (Lipinski definition) is 4. The van der Waals surface area contributed by atoms with Gasteiger partial charge in [-0.3, -0.25) is 35.2 Å². The van der Waals surface area contributed by atoms with Gasteiger partial charge in [0.25, 0.3) is 0 Å². The molecule has 0 spiro atoms. The van der Waals surface area contributed by atoms with Gasteiger partial charge in [0.1, 0.15) is 5.92 Å². The number of carbonyl (C=O) groups excluding carboxylic acids is 1. The molecule has 6 heterocycles. The lowest BCUT2D eigenvalue weighted by molar-refractivity contribution is -0.598. The molecule has 0 amide bonds. The molecule has 0 aliphatic carbocycles. The van der Waals surface area contributed by atoms with Gasteiger partial charge in [0.2, 0.25) is 0 Å². The van der Waals surface area contributed by atoms with Gasteiger partial charge in [-0.05, 0) is 72.1 Å². The third-order valence-corrected chi connectivity index (χ3v) is 12.2. The van der Waals surface area contributed by atoms with Crippen LogP contribution < -0.4 is 21.3 Å². The molecule has 8 nitrogen and oxygen atoms in total. The highest BCUT2D eigenvalue weighted by atomic mass is 16.5. The zero-order chi connectivity index (χ0) is 31.3. The van der Waals surface area contributed by atoms with Crippen molar-refractivity contribution in [2.45, 2.75) is 211 Å². The normalized spacial score (nSPS) is 35.5. The summed E-state index contributed by atoms with van der Waals surface area (Å²) in [6, 6.07) is 4.22. The molecule has 0 aromatic carbocycles. The van der Waals surface area contributed by atoms with Crippen molar-refractivity contribution in [1.29, 1.82) is 0 Å². The van der Waals surface area contributed by atoms with Gasteiger partial charge in [-0.15, -0.1) is 0 Å². The summed E-state index contributed by atoms with van der Waals surface area (Å²) in [6.45, 7) is 8.89. The molecule has 6 aliphatic heterocycles. The lowest BCUT2D eigenvalue weighted by Gasteiger charge is -2.38. The van der Waals surface area contributed by atoms with Crippen LogP contribution in [0, 0.1) is 5.92 Å². The first-order chi connectivity index (χ1) is 21.9. The average molecular weight is 627 g/mol. The summed E-state index contributed by atoms with van der Waals surface area (Å²) >= 11 is 0. The van der Waals surface area contributed by atoms with Crippen LogP contribution >= 0.6 is 0 Å². The Morgan fingerprint density at radius 3 is 2.02 bits per heavy atom. The molecule has 0 saturated carbocycles. The molecule has 1 unspecified atom stereocenters. The van der Waals surface area contributed by atoms with Crippen molar-refractivity contribution in [3.05, 3.63) is 0 Å². The van der Waals surface area contributed by atoms with Gasteiger partial charge >= 0.3 is 17.9 Å². The van der Waals surface area contributed by atoms with Crippen LogP contribution in [-0.4, -0.2) is 81.5 Å². The van der Waals surface area contributed by atoms with Crippen LogP contribution in [-0.2, 0) is 9.53 Å². The molecule has 10 atom stereocenters. The van der Waals surface area contributed by atoms with E-state index in [0.717, 1.165) is 31.3 Å². The third-order valence-electron chi connectivity index (χ3n) is 12.2. The van der Waals surface area contributed by atoms with Gasteiger partial charge < -0.3 is 4.74 Å². The Morgan fingerprint density at radius 1 is 0.733 bits per heavy atom. The van der Waals surface area contributed by atoms with Crippen LogP contribution in [0.5, 0.6) is 0 Å². The first kappa shape index (κ1) is 32.9. The Labute approximate surface area is 274 Å².